The second-order valence-electron chi connectivity index (χ2n) is 7.69. The van der Waals surface area contributed by atoms with Crippen LogP contribution in [0.15, 0.2) is 42.5 Å². The van der Waals surface area contributed by atoms with Crippen LogP contribution in [0.4, 0.5) is 0 Å². The molecule has 4 nitrogen and oxygen atoms in total. The Morgan fingerprint density at radius 2 is 1.92 bits per heavy atom. The highest BCUT2D eigenvalue weighted by Gasteiger charge is 2.44. The molecule has 0 saturated carbocycles. The average molecular weight is 353 g/mol. The molecule has 0 unspecified atom stereocenters. The molecule has 4 heteroatoms. The number of rotatable bonds is 3. The third-order valence-corrected chi connectivity index (χ3v) is 6.34. The normalized spacial score (nSPS) is 22.7. The van der Waals surface area contributed by atoms with Crippen molar-refractivity contribution in [1.82, 2.24) is 4.90 Å². The van der Waals surface area contributed by atoms with Crippen LogP contribution in [0.3, 0.4) is 0 Å². The first-order chi connectivity index (χ1) is 12.7. The SMILES string of the molecule is COC[C@H]1COCCC12CCN(C(=O)c1ccc3ccccc3c1)CC2. The first-order valence-corrected chi connectivity index (χ1v) is 9.57. The molecule has 1 spiro atoms. The molecule has 2 saturated heterocycles. The van der Waals surface area contributed by atoms with E-state index < -0.39 is 0 Å². The minimum absolute atomic E-state index is 0.154. The first kappa shape index (κ1) is 17.5. The second-order valence-corrected chi connectivity index (χ2v) is 7.69. The maximum Gasteiger partial charge on any atom is 0.253 e. The summed E-state index contributed by atoms with van der Waals surface area (Å²) in [7, 11) is 1.76. The van der Waals surface area contributed by atoms with Crippen LogP contribution in [0, 0.1) is 11.3 Å². The van der Waals surface area contributed by atoms with Crippen LogP contribution in [0.2, 0.25) is 0 Å². The Labute approximate surface area is 155 Å². The molecular formula is C22H27NO3. The third kappa shape index (κ3) is 3.24. The zero-order valence-electron chi connectivity index (χ0n) is 15.4. The van der Waals surface area contributed by atoms with Gasteiger partial charge in [-0.05, 0) is 47.6 Å². The summed E-state index contributed by atoms with van der Waals surface area (Å²) in [6.07, 6.45) is 3.17. The summed E-state index contributed by atoms with van der Waals surface area (Å²) in [6, 6.07) is 14.2. The molecule has 0 N–H and O–H groups in total. The largest absolute Gasteiger partial charge is 0.384 e. The van der Waals surface area contributed by atoms with Crippen molar-refractivity contribution in [3.63, 3.8) is 0 Å². The molecule has 26 heavy (non-hydrogen) atoms. The van der Waals surface area contributed by atoms with E-state index in [9.17, 15) is 4.79 Å². The van der Waals surface area contributed by atoms with Crippen molar-refractivity contribution in [1.29, 1.82) is 0 Å². The van der Waals surface area contributed by atoms with E-state index in [2.05, 4.69) is 12.1 Å². The van der Waals surface area contributed by atoms with Gasteiger partial charge in [0.2, 0.25) is 0 Å². The summed E-state index contributed by atoms with van der Waals surface area (Å²) >= 11 is 0. The van der Waals surface area contributed by atoms with Gasteiger partial charge in [0.05, 0.1) is 13.2 Å². The number of piperidine rings is 1. The van der Waals surface area contributed by atoms with Gasteiger partial charge in [0.1, 0.15) is 0 Å². The van der Waals surface area contributed by atoms with Gasteiger partial charge in [-0.15, -0.1) is 0 Å². The summed E-state index contributed by atoms with van der Waals surface area (Å²) < 4.78 is 11.1. The van der Waals surface area contributed by atoms with Crippen molar-refractivity contribution in [2.75, 3.05) is 40.0 Å². The van der Waals surface area contributed by atoms with Crippen LogP contribution < -0.4 is 0 Å². The first-order valence-electron chi connectivity index (χ1n) is 9.57. The van der Waals surface area contributed by atoms with E-state index in [4.69, 9.17) is 9.47 Å². The van der Waals surface area contributed by atoms with Gasteiger partial charge in [0, 0.05) is 38.3 Å². The third-order valence-electron chi connectivity index (χ3n) is 6.34. The van der Waals surface area contributed by atoms with Crippen molar-refractivity contribution < 1.29 is 14.3 Å². The van der Waals surface area contributed by atoms with E-state index in [1.165, 1.54) is 5.39 Å². The minimum Gasteiger partial charge on any atom is -0.384 e. The summed E-state index contributed by atoms with van der Waals surface area (Å²) in [5.74, 6) is 0.597. The maximum absolute atomic E-state index is 13.0. The lowest BCUT2D eigenvalue weighted by molar-refractivity contribution is -0.0912. The number of ether oxygens (including phenoxy) is 2. The minimum atomic E-state index is 0.154. The molecule has 2 aliphatic rings. The van der Waals surface area contributed by atoms with Crippen molar-refractivity contribution in [3.05, 3.63) is 48.0 Å². The molecule has 4 rings (SSSR count). The number of carbonyl (C=O) groups excluding carboxylic acids is 1. The Kier molecular flexibility index (Phi) is 4.96. The molecule has 0 aromatic heterocycles. The summed E-state index contributed by atoms with van der Waals surface area (Å²) in [5.41, 5.74) is 1.06. The molecule has 0 bridgehead atoms. The van der Waals surface area contributed by atoms with E-state index in [0.717, 1.165) is 63.1 Å². The predicted molar refractivity (Wildman–Crippen MR) is 102 cm³/mol. The van der Waals surface area contributed by atoms with Gasteiger partial charge < -0.3 is 14.4 Å². The lowest BCUT2D eigenvalue weighted by Crippen LogP contribution is -2.50. The summed E-state index contributed by atoms with van der Waals surface area (Å²) in [4.78, 5) is 15.0. The van der Waals surface area contributed by atoms with Gasteiger partial charge in [-0.25, -0.2) is 0 Å². The van der Waals surface area contributed by atoms with Gasteiger partial charge in [-0.1, -0.05) is 30.3 Å². The van der Waals surface area contributed by atoms with Crippen LogP contribution in [-0.4, -0.2) is 50.8 Å². The number of hydrogen-bond donors (Lipinski definition) is 0. The van der Waals surface area contributed by atoms with Crippen molar-refractivity contribution >= 4 is 16.7 Å². The molecular weight excluding hydrogens is 326 g/mol. The van der Waals surface area contributed by atoms with Gasteiger partial charge in [-0.3, -0.25) is 4.79 Å². The van der Waals surface area contributed by atoms with Crippen molar-refractivity contribution in [2.24, 2.45) is 11.3 Å². The van der Waals surface area contributed by atoms with Crippen LogP contribution in [0.1, 0.15) is 29.6 Å². The van der Waals surface area contributed by atoms with Gasteiger partial charge in [0.15, 0.2) is 0 Å². The molecule has 2 aromatic carbocycles. The maximum atomic E-state index is 13.0. The molecule has 2 heterocycles. The van der Waals surface area contributed by atoms with Crippen molar-refractivity contribution in [3.8, 4) is 0 Å². The monoisotopic (exact) mass is 353 g/mol. The number of fused-ring (bicyclic) bond motifs is 1. The number of hydrogen-bond acceptors (Lipinski definition) is 3. The summed E-state index contributed by atoms with van der Waals surface area (Å²) in [6.45, 7) is 4.02. The van der Waals surface area contributed by atoms with E-state index in [1.54, 1.807) is 7.11 Å². The number of benzene rings is 2. The fourth-order valence-corrected chi connectivity index (χ4v) is 4.63. The van der Waals surface area contributed by atoms with Crippen LogP contribution in [0.25, 0.3) is 10.8 Å². The zero-order valence-corrected chi connectivity index (χ0v) is 15.4. The van der Waals surface area contributed by atoms with E-state index in [1.807, 2.05) is 35.2 Å². The van der Waals surface area contributed by atoms with Gasteiger partial charge in [-0.2, -0.15) is 0 Å². The molecule has 138 valence electrons. The van der Waals surface area contributed by atoms with E-state index in [-0.39, 0.29) is 11.3 Å². The lowest BCUT2D eigenvalue weighted by Gasteiger charge is -2.48. The Hall–Kier alpha value is -1.91. The van der Waals surface area contributed by atoms with Crippen LogP contribution in [-0.2, 0) is 9.47 Å². The molecule has 0 radical (unpaired) electrons. The molecule has 1 atom stereocenters. The number of nitrogens with zero attached hydrogens (tertiary/aromatic N) is 1. The predicted octanol–water partition coefficient (Wildman–Crippen LogP) is 3.75. The van der Waals surface area contributed by atoms with E-state index in [0.29, 0.717) is 5.92 Å². The summed E-state index contributed by atoms with van der Waals surface area (Å²) in [5, 5.41) is 2.29. The highest BCUT2D eigenvalue weighted by Crippen LogP contribution is 2.45. The van der Waals surface area contributed by atoms with E-state index >= 15 is 0 Å². The average Bonchev–Trinajstić information content (AvgIpc) is 2.70. The standard InChI is InChI=1S/C22H27NO3/c1-25-15-20-16-26-13-10-22(20)8-11-23(12-9-22)21(24)19-7-6-17-4-2-3-5-18(17)14-19/h2-7,14,20H,8-13,15-16H2,1H3/t20-/m0/s1. The number of methoxy groups -OCH3 is 1. The highest BCUT2D eigenvalue weighted by atomic mass is 16.5. The van der Waals surface area contributed by atoms with Crippen molar-refractivity contribution in [2.45, 2.75) is 19.3 Å². The fraction of sp³-hybridized carbons (Fsp3) is 0.500. The Morgan fingerprint density at radius 3 is 2.69 bits per heavy atom. The Balaban J connectivity index is 1.47. The van der Waals surface area contributed by atoms with Gasteiger partial charge >= 0.3 is 0 Å². The molecule has 0 aliphatic carbocycles. The van der Waals surface area contributed by atoms with Crippen LogP contribution in [0.5, 0.6) is 0 Å². The highest BCUT2D eigenvalue weighted by molar-refractivity contribution is 5.98. The smallest absolute Gasteiger partial charge is 0.253 e. The fourth-order valence-electron chi connectivity index (χ4n) is 4.63. The topological polar surface area (TPSA) is 38.8 Å². The quantitative estimate of drug-likeness (QED) is 0.844. The van der Waals surface area contributed by atoms with Gasteiger partial charge in [0.25, 0.3) is 5.91 Å². The Morgan fingerprint density at radius 1 is 1.15 bits per heavy atom. The number of carbonyl (C=O) groups is 1. The second kappa shape index (κ2) is 7.37. The van der Waals surface area contributed by atoms with Crippen LogP contribution >= 0.6 is 0 Å². The lowest BCUT2D eigenvalue weighted by atomic mass is 9.66. The Bertz CT molecular complexity index is 778. The zero-order chi connectivity index (χ0) is 18.0. The molecule has 2 aromatic rings. The molecule has 1 amide bonds. The number of amides is 1. The number of likely N-dealkylation sites (tertiary alicyclic amines) is 1. The molecule has 2 aliphatic heterocycles. The molecule has 2 fully saturated rings.